The maximum absolute atomic E-state index is 6.35. The lowest BCUT2D eigenvalue weighted by atomic mass is 10.2. The van der Waals surface area contributed by atoms with Crippen molar-refractivity contribution in [3.05, 3.63) is 6.20 Å². The number of hydrogen-bond acceptors (Lipinski definition) is 6. The number of aromatic nitrogens is 2. The van der Waals surface area contributed by atoms with Crippen LogP contribution in [0.3, 0.4) is 0 Å². The molecule has 0 spiro atoms. The van der Waals surface area contributed by atoms with Gasteiger partial charge in [0.15, 0.2) is 19.9 Å². The van der Waals surface area contributed by atoms with Crippen molar-refractivity contribution in [2.24, 2.45) is 0 Å². The van der Waals surface area contributed by atoms with Crippen LogP contribution in [0, 0.1) is 0 Å². The second-order valence-corrected chi connectivity index (χ2v) is 11.8. The Morgan fingerprint density at radius 2 is 1.95 bits per heavy atom. The normalized spacial score (nSPS) is 16.8. The molecule has 0 unspecified atom stereocenters. The van der Waals surface area contributed by atoms with Gasteiger partial charge in [-0.05, 0) is 18.1 Å². The minimum absolute atomic E-state index is 0.231. The zero-order valence-electron chi connectivity index (χ0n) is 13.8. The molecule has 2 heterocycles. The molecule has 1 aromatic rings. The fourth-order valence-electron chi connectivity index (χ4n) is 1.95. The zero-order chi connectivity index (χ0) is 15.8. The number of hydrogen-bond donors (Lipinski definition) is 1. The molecule has 7 heteroatoms. The van der Waals surface area contributed by atoms with Gasteiger partial charge in [0, 0.05) is 13.1 Å². The van der Waals surface area contributed by atoms with Gasteiger partial charge in [-0.3, -0.25) is 0 Å². The minimum Gasteiger partial charge on any atom is -0.491 e. The molecule has 0 radical (unpaired) electrons. The fourth-order valence-corrected chi connectivity index (χ4v) is 3.29. The Hall–Kier alpha value is -1.34. The first kappa shape index (κ1) is 16.0. The van der Waals surface area contributed by atoms with Crippen LogP contribution in [0.4, 0.5) is 11.8 Å². The summed E-state index contributed by atoms with van der Waals surface area (Å²) in [7, 11) is -0.149. The Morgan fingerprint density at radius 3 is 2.43 bits per heavy atom. The maximum Gasteiger partial charge on any atom is 0.227 e. The van der Waals surface area contributed by atoms with Crippen molar-refractivity contribution in [2.45, 2.75) is 45.0 Å². The maximum atomic E-state index is 6.35. The average Bonchev–Trinajstić information content (AvgIpc) is 2.31. The SMILES string of the molecule is COc1cnc(N2CC(O[Si](C)(C)C(C)(C)C)C2)nc1N. The molecule has 1 aliphatic rings. The van der Waals surface area contributed by atoms with Gasteiger partial charge in [-0.1, -0.05) is 20.8 Å². The Morgan fingerprint density at radius 1 is 1.33 bits per heavy atom. The lowest BCUT2D eigenvalue weighted by molar-refractivity contribution is 0.148. The van der Waals surface area contributed by atoms with Crippen molar-refractivity contribution < 1.29 is 9.16 Å². The van der Waals surface area contributed by atoms with Gasteiger partial charge in [0.05, 0.1) is 19.4 Å². The molecule has 2 N–H and O–H groups in total. The van der Waals surface area contributed by atoms with E-state index < -0.39 is 8.32 Å². The highest BCUT2D eigenvalue weighted by Crippen LogP contribution is 2.38. The minimum atomic E-state index is -1.71. The van der Waals surface area contributed by atoms with E-state index in [9.17, 15) is 0 Å². The molecule has 0 aliphatic carbocycles. The first-order valence-electron chi connectivity index (χ1n) is 7.23. The van der Waals surface area contributed by atoms with Crippen LogP contribution in [0.2, 0.25) is 18.1 Å². The number of ether oxygens (including phenoxy) is 1. The molecule has 1 aromatic heterocycles. The van der Waals surface area contributed by atoms with Gasteiger partial charge in [0.25, 0.3) is 0 Å². The summed E-state index contributed by atoms with van der Waals surface area (Å²) in [4.78, 5) is 10.6. The second kappa shape index (κ2) is 5.45. The van der Waals surface area contributed by atoms with Gasteiger partial charge in [0.1, 0.15) is 0 Å². The predicted molar refractivity (Wildman–Crippen MR) is 87.3 cm³/mol. The molecular weight excluding hydrogens is 284 g/mol. The van der Waals surface area contributed by atoms with Gasteiger partial charge in [-0.15, -0.1) is 0 Å². The number of methoxy groups -OCH3 is 1. The van der Waals surface area contributed by atoms with Crippen LogP contribution in [0.5, 0.6) is 5.75 Å². The Bertz CT molecular complexity index is 510. The Kier molecular flexibility index (Phi) is 4.16. The molecule has 21 heavy (non-hydrogen) atoms. The first-order chi connectivity index (χ1) is 9.64. The van der Waals surface area contributed by atoms with Gasteiger partial charge in [-0.2, -0.15) is 4.98 Å². The van der Waals surface area contributed by atoms with E-state index in [-0.39, 0.29) is 11.1 Å². The summed E-state index contributed by atoms with van der Waals surface area (Å²) in [6.45, 7) is 12.9. The largest absolute Gasteiger partial charge is 0.491 e. The molecule has 1 fully saturated rings. The van der Waals surface area contributed by atoms with Crippen molar-refractivity contribution in [1.29, 1.82) is 0 Å². The van der Waals surface area contributed by atoms with Gasteiger partial charge >= 0.3 is 0 Å². The van der Waals surface area contributed by atoms with Crippen molar-refractivity contribution >= 4 is 20.1 Å². The summed E-state index contributed by atoms with van der Waals surface area (Å²) in [6.07, 6.45) is 1.87. The Balaban J connectivity index is 1.94. The summed E-state index contributed by atoms with van der Waals surface area (Å²) < 4.78 is 11.4. The predicted octanol–water partition coefficient (Wildman–Crippen LogP) is 2.28. The van der Waals surface area contributed by atoms with Gasteiger partial charge < -0.3 is 19.8 Å². The van der Waals surface area contributed by atoms with Crippen LogP contribution in [-0.4, -0.2) is 44.6 Å². The van der Waals surface area contributed by atoms with Crippen LogP contribution in [0.1, 0.15) is 20.8 Å². The standard InChI is InChI=1S/C14H26N4O2Si/c1-14(2,3)21(5,6)20-10-8-18(9-10)13-16-7-11(19-4)12(15)17-13/h7,10H,8-9H2,1-6H3,(H2,15,16,17). The lowest BCUT2D eigenvalue weighted by Crippen LogP contribution is -2.58. The number of nitrogens with zero attached hydrogens (tertiary/aromatic N) is 3. The molecule has 2 rings (SSSR count). The van der Waals surface area contributed by atoms with E-state index in [1.807, 2.05) is 0 Å². The van der Waals surface area contributed by atoms with E-state index >= 15 is 0 Å². The van der Waals surface area contributed by atoms with Gasteiger partial charge in [-0.25, -0.2) is 4.98 Å². The van der Waals surface area contributed by atoms with Crippen molar-refractivity contribution in [3.63, 3.8) is 0 Å². The number of nitrogen functional groups attached to an aromatic ring is 1. The smallest absolute Gasteiger partial charge is 0.227 e. The van der Waals surface area contributed by atoms with Crippen LogP contribution in [0.15, 0.2) is 6.20 Å². The van der Waals surface area contributed by atoms with Crippen molar-refractivity contribution in [2.75, 3.05) is 30.8 Å². The summed E-state index contributed by atoms with van der Waals surface area (Å²) >= 11 is 0. The second-order valence-electron chi connectivity index (χ2n) is 7.03. The highest BCUT2D eigenvalue weighted by atomic mass is 28.4. The first-order valence-corrected chi connectivity index (χ1v) is 10.1. The number of nitrogens with two attached hydrogens (primary N) is 1. The number of rotatable bonds is 4. The van der Waals surface area contributed by atoms with Crippen LogP contribution >= 0.6 is 0 Å². The highest BCUT2D eigenvalue weighted by Gasteiger charge is 2.42. The number of anilines is 2. The molecule has 1 saturated heterocycles. The topological polar surface area (TPSA) is 73.5 Å². The molecular formula is C14H26N4O2Si. The molecule has 0 saturated carbocycles. The van der Waals surface area contributed by atoms with E-state index in [0.29, 0.717) is 17.5 Å². The lowest BCUT2D eigenvalue weighted by Gasteiger charge is -2.46. The summed E-state index contributed by atoms with van der Waals surface area (Å²) in [5.74, 6) is 1.52. The van der Waals surface area contributed by atoms with E-state index in [1.54, 1.807) is 13.3 Å². The van der Waals surface area contributed by atoms with Gasteiger partial charge in [0.2, 0.25) is 5.95 Å². The summed E-state index contributed by atoms with van der Waals surface area (Å²) in [6, 6.07) is 0. The molecule has 0 atom stereocenters. The van der Waals surface area contributed by atoms with E-state index in [4.69, 9.17) is 14.9 Å². The quantitative estimate of drug-likeness (QED) is 0.860. The van der Waals surface area contributed by atoms with Crippen molar-refractivity contribution in [1.82, 2.24) is 9.97 Å². The highest BCUT2D eigenvalue weighted by molar-refractivity contribution is 6.74. The van der Waals surface area contributed by atoms with Crippen LogP contribution in [-0.2, 0) is 4.43 Å². The van der Waals surface area contributed by atoms with E-state index in [2.05, 4.69) is 48.7 Å². The van der Waals surface area contributed by atoms with Crippen molar-refractivity contribution in [3.8, 4) is 5.75 Å². The zero-order valence-corrected chi connectivity index (χ0v) is 14.8. The monoisotopic (exact) mass is 310 g/mol. The van der Waals surface area contributed by atoms with E-state index in [1.165, 1.54) is 0 Å². The average molecular weight is 310 g/mol. The van der Waals surface area contributed by atoms with Crippen LogP contribution < -0.4 is 15.4 Å². The summed E-state index contributed by atoms with van der Waals surface area (Å²) in [5.41, 5.74) is 5.81. The molecule has 118 valence electrons. The molecule has 0 bridgehead atoms. The molecule has 1 aliphatic heterocycles. The van der Waals surface area contributed by atoms with Crippen LogP contribution in [0.25, 0.3) is 0 Å². The molecule has 0 amide bonds. The third-order valence-corrected chi connectivity index (χ3v) is 8.92. The molecule has 6 nitrogen and oxygen atoms in total. The molecule has 0 aromatic carbocycles. The summed E-state index contributed by atoms with van der Waals surface area (Å²) in [5, 5.41) is 0.231. The third kappa shape index (κ3) is 3.29. The fraction of sp³-hybridized carbons (Fsp3) is 0.714. The van der Waals surface area contributed by atoms with E-state index in [0.717, 1.165) is 13.1 Å². The third-order valence-electron chi connectivity index (χ3n) is 4.39. The Labute approximate surface area is 127 Å².